The molecule has 0 spiro atoms. The SMILES string of the molecule is CCC(=O)N1CCC(NC(=NC)NCC(=O)N(C)C)C1.I. The summed E-state index contributed by atoms with van der Waals surface area (Å²) in [7, 11) is 5.09. The third-order valence-corrected chi connectivity index (χ3v) is 3.31. The van der Waals surface area contributed by atoms with E-state index in [0.717, 1.165) is 13.0 Å². The third kappa shape index (κ3) is 6.49. The fourth-order valence-corrected chi connectivity index (χ4v) is 2.03. The number of likely N-dealkylation sites (N-methyl/N-ethyl adjacent to an activating group) is 1. The van der Waals surface area contributed by atoms with Crippen LogP contribution in [0.1, 0.15) is 19.8 Å². The molecular formula is C13H26IN5O2. The maximum atomic E-state index is 11.6. The fourth-order valence-electron chi connectivity index (χ4n) is 2.03. The lowest BCUT2D eigenvalue weighted by Gasteiger charge is -2.19. The lowest BCUT2D eigenvalue weighted by atomic mass is 10.3. The number of carbonyl (C=O) groups is 2. The van der Waals surface area contributed by atoms with Crippen LogP contribution in [0.25, 0.3) is 0 Å². The van der Waals surface area contributed by atoms with Crippen LogP contribution in [0.3, 0.4) is 0 Å². The number of amides is 2. The highest BCUT2D eigenvalue weighted by Gasteiger charge is 2.25. The van der Waals surface area contributed by atoms with Crippen LogP contribution in [0, 0.1) is 0 Å². The smallest absolute Gasteiger partial charge is 0.241 e. The molecule has 1 fully saturated rings. The number of rotatable bonds is 4. The first-order valence-electron chi connectivity index (χ1n) is 6.93. The lowest BCUT2D eigenvalue weighted by molar-refractivity contribution is -0.130. The number of aliphatic imine (C=N–C) groups is 1. The molecule has 1 saturated heterocycles. The van der Waals surface area contributed by atoms with Gasteiger partial charge in [-0.15, -0.1) is 24.0 Å². The van der Waals surface area contributed by atoms with E-state index in [2.05, 4.69) is 15.6 Å². The number of nitrogens with zero attached hydrogens (tertiary/aromatic N) is 3. The summed E-state index contributed by atoms with van der Waals surface area (Å²) in [6.07, 6.45) is 1.44. The highest BCUT2D eigenvalue weighted by molar-refractivity contribution is 14.0. The summed E-state index contributed by atoms with van der Waals surface area (Å²) in [5.74, 6) is 0.762. The molecule has 0 aromatic rings. The van der Waals surface area contributed by atoms with Crippen LogP contribution in [-0.2, 0) is 9.59 Å². The molecule has 1 unspecified atom stereocenters. The molecule has 0 aromatic heterocycles. The first-order valence-corrected chi connectivity index (χ1v) is 6.93. The maximum Gasteiger partial charge on any atom is 0.241 e. The van der Waals surface area contributed by atoms with E-state index in [4.69, 9.17) is 0 Å². The highest BCUT2D eigenvalue weighted by Crippen LogP contribution is 2.10. The van der Waals surface area contributed by atoms with E-state index < -0.39 is 0 Å². The Morgan fingerprint density at radius 3 is 2.57 bits per heavy atom. The Kier molecular flexibility index (Phi) is 9.31. The van der Waals surface area contributed by atoms with Gasteiger partial charge in [-0.05, 0) is 6.42 Å². The summed E-state index contributed by atoms with van der Waals surface area (Å²) in [6, 6.07) is 0.186. The topological polar surface area (TPSA) is 77.0 Å². The number of nitrogens with one attached hydrogen (secondary N) is 2. The molecule has 1 aliphatic heterocycles. The van der Waals surface area contributed by atoms with Gasteiger partial charge >= 0.3 is 0 Å². The molecule has 2 N–H and O–H groups in total. The molecular weight excluding hydrogens is 385 g/mol. The van der Waals surface area contributed by atoms with Crippen LogP contribution in [-0.4, -0.2) is 74.4 Å². The van der Waals surface area contributed by atoms with Crippen molar-refractivity contribution < 1.29 is 9.59 Å². The Morgan fingerprint density at radius 1 is 1.38 bits per heavy atom. The molecule has 2 amide bonds. The summed E-state index contributed by atoms with van der Waals surface area (Å²) < 4.78 is 0. The Balaban J connectivity index is 0.00000400. The summed E-state index contributed by atoms with van der Waals surface area (Å²) in [4.78, 5) is 30.6. The van der Waals surface area contributed by atoms with Gasteiger partial charge in [-0.25, -0.2) is 0 Å². The Bertz CT molecular complexity index is 387. The van der Waals surface area contributed by atoms with Crippen molar-refractivity contribution in [2.75, 3.05) is 40.8 Å². The summed E-state index contributed by atoms with van der Waals surface area (Å²) >= 11 is 0. The van der Waals surface area contributed by atoms with Crippen LogP contribution in [0.2, 0.25) is 0 Å². The first kappa shape index (κ1) is 19.9. The predicted octanol–water partition coefficient (Wildman–Crippen LogP) is -0.131. The van der Waals surface area contributed by atoms with Crippen molar-refractivity contribution in [3.63, 3.8) is 0 Å². The molecule has 122 valence electrons. The number of halogens is 1. The van der Waals surface area contributed by atoms with Crippen molar-refractivity contribution in [2.45, 2.75) is 25.8 Å². The highest BCUT2D eigenvalue weighted by atomic mass is 127. The van der Waals surface area contributed by atoms with Crippen LogP contribution < -0.4 is 10.6 Å². The summed E-state index contributed by atoms with van der Waals surface area (Å²) in [5.41, 5.74) is 0. The fraction of sp³-hybridized carbons (Fsp3) is 0.769. The van der Waals surface area contributed by atoms with Gasteiger partial charge in [-0.3, -0.25) is 14.6 Å². The molecule has 1 heterocycles. The number of likely N-dealkylation sites (tertiary alicyclic amines) is 1. The van der Waals surface area contributed by atoms with Crippen LogP contribution in [0.5, 0.6) is 0 Å². The molecule has 8 heteroatoms. The average Bonchev–Trinajstić information content (AvgIpc) is 2.90. The van der Waals surface area contributed by atoms with Crippen molar-refractivity contribution in [2.24, 2.45) is 4.99 Å². The number of hydrogen-bond donors (Lipinski definition) is 2. The molecule has 0 aliphatic carbocycles. The molecule has 0 saturated carbocycles. The zero-order chi connectivity index (χ0) is 15.1. The zero-order valence-electron chi connectivity index (χ0n) is 13.2. The van der Waals surface area contributed by atoms with Gasteiger partial charge in [0.05, 0.1) is 6.54 Å². The molecule has 0 radical (unpaired) electrons. The van der Waals surface area contributed by atoms with E-state index in [-0.39, 0.29) is 48.4 Å². The van der Waals surface area contributed by atoms with Crippen molar-refractivity contribution in [1.29, 1.82) is 0 Å². The van der Waals surface area contributed by atoms with Crippen molar-refractivity contribution in [1.82, 2.24) is 20.4 Å². The molecule has 0 bridgehead atoms. The van der Waals surface area contributed by atoms with Crippen molar-refractivity contribution in [3.8, 4) is 0 Å². The van der Waals surface area contributed by atoms with Crippen molar-refractivity contribution in [3.05, 3.63) is 0 Å². The van der Waals surface area contributed by atoms with E-state index in [1.165, 1.54) is 4.90 Å². The molecule has 21 heavy (non-hydrogen) atoms. The van der Waals surface area contributed by atoms with Crippen LogP contribution >= 0.6 is 24.0 Å². The second-order valence-electron chi connectivity index (χ2n) is 5.04. The number of carbonyl (C=O) groups excluding carboxylic acids is 2. The Morgan fingerprint density at radius 2 is 2.05 bits per heavy atom. The van der Waals surface area contributed by atoms with E-state index in [1.807, 2.05) is 11.8 Å². The minimum atomic E-state index is -0.0119. The molecule has 1 atom stereocenters. The predicted molar refractivity (Wildman–Crippen MR) is 93.9 cm³/mol. The van der Waals surface area contributed by atoms with Gasteiger partial charge in [0.15, 0.2) is 5.96 Å². The monoisotopic (exact) mass is 411 g/mol. The zero-order valence-corrected chi connectivity index (χ0v) is 15.5. The van der Waals surface area contributed by atoms with Crippen LogP contribution in [0.4, 0.5) is 0 Å². The standard InChI is InChI=1S/C13H25N5O2.HI/c1-5-11(19)18-7-6-10(9-18)16-13(14-2)15-8-12(20)17(3)4;/h10H,5-9H2,1-4H3,(H2,14,15,16);1H. The van der Waals surface area contributed by atoms with E-state index in [9.17, 15) is 9.59 Å². The Labute approximate surface area is 143 Å². The van der Waals surface area contributed by atoms with Gasteiger partial charge in [0.2, 0.25) is 11.8 Å². The normalized spacial score (nSPS) is 18.0. The van der Waals surface area contributed by atoms with E-state index in [1.54, 1.807) is 21.1 Å². The maximum absolute atomic E-state index is 11.6. The van der Waals surface area contributed by atoms with Gasteiger partial charge in [0, 0.05) is 46.7 Å². The quantitative estimate of drug-likeness (QED) is 0.384. The first-order chi connectivity index (χ1) is 9.47. The molecule has 0 aromatic carbocycles. The second-order valence-corrected chi connectivity index (χ2v) is 5.04. The second kappa shape index (κ2) is 9.80. The molecule has 1 aliphatic rings. The molecule has 1 rings (SSSR count). The largest absolute Gasteiger partial charge is 0.352 e. The lowest BCUT2D eigenvalue weighted by Crippen LogP contribution is -2.47. The van der Waals surface area contributed by atoms with Crippen LogP contribution in [0.15, 0.2) is 4.99 Å². The van der Waals surface area contributed by atoms with Crippen molar-refractivity contribution >= 4 is 41.8 Å². The van der Waals surface area contributed by atoms with Gasteiger partial charge in [0.25, 0.3) is 0 Å². The van der Waals surface area contributed by atoms with Gasteiger partial charge in [-0.1, -0.05) is 6.92 Å². The van der Waals surface area contributed by atoms with Gasteiger partial charge < -0.3 is 20.4 Å². The third-order valence-electron chi connectivity index (χ3n) is 3.31. The Hall–Kier alpha value is -1.06. The minimum absolute atomic E-state index is 0. The average molecular weight is 411 g/mol. The van der Waals surface area contributed by atoms with Gasteiger partial charge in [-0.2, -0.15) is 0 Å². The van der Waals surface area contributed by atoms with Gasteiger partial charge in [0.1, 0.15) is 0 Å². The summed E-state index contributed by atoms with van der Waals surface area (Å²) in [6.45, 7) is 3.54. The number of hydrogen-bond acceptors (Lipinski definition) is 3. The van der Waals surface area contributed by atoms with E-state index >= 15 is 0 Å². The molecule has 7 nitrogen and oxygen atoms in total. The minimum Gasteiger partial charge on any atom is -0.352 e. The number of guanidine groups is 1. The van der Waals surface area contributed by atoms with E-state index in [0.29, 0.717) is 18.9 Å². The summed E-state index contributed by atoms with van der Waals surface area (Å²) in [5, 5.41) is 6.22.